The minimum Gasteiger partial charge on any atom is -0.478 e. The van der Waals surface area contributed by atoms with Crippen LogP contribution in [0.4, 0.5) is 5.69 Å². The summed E-state index contributed by atoms with van der Waals surface area (Å²) in [6.07, 6.45) is 2.70. The van der Waals surface area contributed by atoms with Crippen molar-refractivity contribution in [1.29, 1.82) is 0 Å². The second-order valence-corrected chi connectivity index (χ2v) is 5.13. The summed E-state index contributed by atoms with van der Waals surface area (Å²) in [5, 5.41) is 19.1. The van der Waals surface area contributed by atoms with Crippen LogP contribution in [-0.2, 0) is 0 Å². The number of aromatic carboxylic acids is 1. The van der Waals surface area contributed by atoms with Crippen LogP contribution in [0.2, 0.25) is 0 Å². The van der Waals surface area contributed by atoms with Crippen LogP contribution in [0.1, 0.15) is 35.8 Å². The molecule has 2 N–H and O–H groups in total. The van der Waals surface area contributed by atoms with Crippen LogP contribution < -0.4 is 4.90 Å². The molecule has 1 aromatic heterocycles. The van der Waals surface area contributed by atoms with Gasteiger partial charge in [0, 0.05) is 25.0 Å². The molecule has 2 heterocycles. The smallest absolute Gasteiger partial charge is 0.339 e. The van der Waals surface area contributed by atoms with Crippen LogP contribution in [-0.4, -0.2) is 39.9 Å². The van der Waals surface area contributed by atoms with Gasteiger partial charge in [0.15, 0.2) is 0 Å². The van der Waals surface area contributed by atoms with Crippen molar-refractivity contribution < 1.29 is 15.0 Å². The molecule has 0 bridgehead atoms. The summed E-state index contributed by atoms with van der Waals surface area (Å²) in [4.78, 5) is 17.2. The van der Waals surface area contributed by atoms with E-state index in [2.05, 4.69) is 4.98 Å². The lowest BCUT2D eigenvalue weighted by Crippen LogP contribution is -2.43. The fourth-order valence-electron chi connectivity index (χ4n) is 2.20. The molecule has 0 radical (unpaired) electrons. The third-order valence-corrected chi connectivity index (χ3v) is 3.43. The Morgan fingerprint density at radius 3 is 2.61 bits per heavy atom. The number of carboxylic acid groups (broad SMARTS) is 1. The summed E-state index contributed by atoms with van der Waals surface area (Å²) in [6.45, 7) is 4.99. The lowest BCUT2D eigenvalue weighted by Gasteiger charge is -2.37. The normalized spacial score (nSPS) is 18.7. The number of aliphatic hydroxyl groups is 1. The minimum atomic E-state index is -0.963. The van der Waals surface area contributed by atoms with Crippen molar-refractivity contribution in [3.05, 3.63) is 23.5 Å². The van der Waals surface area contributed by atoms with Gasteiger partial charge >= 0.3 is 5.97 Å². The van der Waals surface area contributed by atoms with Gasteiger partial charge in [-0.3, -0.25) is 4.98 Å². The molecule has 1 fully saturated rings. The van der Waals surface area contributed by atoms with Crippen LogP contribution >= 0.6 is 0 Å². The SMILES string of the molecule is Cc1cc(N2CCC(C)(O)CC2)c(C(=O)O)cn1. The zero-order valence-corrected chi connectivity index (χ0v) is 10.7. The van der Waals surface area contributed by atoms with Crippen molar-refractivity contribution in [1.82, 2.24) is 4.98 Å². The number of anilines is 1. The zero-order valence-electron chi connectivity index (χ0n) is 10.7. The zero-order chi connectivity index (χ0) is 13.3. The van der Waals surface area contributed by atoms with Crippen LogP contribution in [0.3, 0.4) is 0 Å². The minimum absolute atomic E-state index is 0.224. The van der Waals surface area contributed by atoms with E-state index in [0.29, 0.717) is 31.6 Å². The van der Waals surface area contributed by atoms with Gasteiger partial charge in [0.25, 0.3) is 0 Å². The van der Waals surface area contributed by atoms with Gasteiger partial charge in [-0.2, -0.15) is 0 Å². The van der Waals surface area contributed by atoms with E-state index in [-0.39, 0.29) is 5.56 Å². The molecule has 18 heavy (non-hydrogen) atoms. The number of carbonyl (C=O) groups is 1. The van der Waals surface area contributed by atoms with Crippen molar-refractivity contribution in [2.75, 3.05) is 18.0 Å². The van der Waals surface area contributed by atoms with Gasteiger partial charge in [-0.25, -0.2) is 4.79 Å². The van der Waals surface area contributed by atoms with E-state index in [9.17, 15) is 15.0 Å². The summed E-state index contributed by atoms with van der Waals surface area (Å²) in [5.41, 5.74) is 1.09. The topological polar surface area (TPSA) is 73.7 Å². The Bertz CT molecular complexity index is 461. The molecular formula is C13H18N2O3. The lowest BCUT2D eigenvalue weighted by atomic mass is 9.93. The first-order valence-corrected chi connectivity index (χ1v) is 6.06. The molecule has 98 valence electrons. The maximum atomic E-state index is 11.2. The van der Waals surface area contributed by atoms with E-state index in [4.69, 9.17) is 0 Å². The Labute approximate surface area is 106 Å². The summed E-state index contributed by atoms with van der Waals surface area (Å²) in [5.74, 6) is -0.963. The van der Waals surface area contributed by atoms with Gasteiger partial charge in [0.2, 0.25) is 0 Å². The predicted molar refractivity (Wildman–Crippen MR) is 68.0 cm³/mol. The van der Waals surface area contributed by atoms with Crippen molar-refractivity contribution >= 4 is 11.7 Å². The highest BCUT2D eigenvalue weighted by Crippen LogP contribution is 2.28. The summed E-state index contributed by atoms with van der Waals surface area (Å²) in [7, 11) is 0. The monoisotopic (exact) mass is 250 g/mol. The van der Waals surface area contributed by atoms with Crippen molar-refractivity contribution in [2.45, 2.75) is 32.3 Å². The van der Waals surface area contributed by atoms with E-state index in [1.165, 1.54) is 6.20 Å². The second kappa shape index (κ2) is 4.57. The maximum absolute atomic E-state index is 11.2. The molecule has 0 unspecified atom stereocenters. The highest BCUT2D eigenvalue weighted by Gasteiger charge is 2.29. The molecule has 0 aliphatic carbocycles. The van der Waals surface area contributed by atoms with Gasteiger partial charge in [0.05, 0.1) is 11.3 Å². The standard InChI is InChI=1S/C13H18N2O3/c1-9-7-11(10(8-14-9)12(16)17)15-5-3-13(2,18)4-6-15/h7-8,18H,3-6H2,1-2H3,(H,16,17). The molecule has 0 saturated carbocycles. The van der Waals surface area contributed by atoms with Gasteiger partial charge in [-0.1, -0.05) is 0 Å². The molecule has 1 aliphatic heterocycles. The molecule has 0 aromatic carbocycles. The summed E-state index contributed by atoms with van der Waals surface area (Å²) in [6, 6.07) is 1.80. The van der Waals surface area contributed by atoms with E-state index < -0.39 is 11.6 Å². The molecule has 5 heteroatoms. The number of rotatable bonds is 2. The van der Waals surface area contributed by atoms with E-state index in [1.54, 1.807) is 6.07 Å². The molecule has 0 amide bonds. The fraction of sp³-hybridized carbons (Fsp3) is 0.538. The average Bonchev–Trinajstić information content (AvgIpc) is 2.28. The molecule has 1 aliphatic rings. The lowest BCUT2D eigenvalue weighted by molar-refractivity contribution is 0.0351. The first-order valence-electron chi connectivity index (χ1n) is 6.06. The van der Waals surface area contributed by atoms with Crippen molar-refractivity contribution in [3.8, 4) is 0 Å². The first kappa shape index (κ1) is 12.8. The maximum Gasteiger partial charge on any atom is 0.339 e. The molecule has 0 spiro atoms. The van der Waals surface area contributed by atoms with Crippen LogP contribution in [0.15, 0.2) is 12.3 Å². The summed E-state index contributed by atoms with van der Waals surface area (Å²) < 4.78 is 0. The van der Waals surface area contributed by atoms with E-state index in [1.807, 2.05) is 18.7 Å². The van der Waals surface area contributed by atoms with Crippen LogP contribution in [0, 0.1) is 6.92 Å². The second-order valence-electron chi connectivity index (χ2n) is 5.13. The largest absolute Gasteiger partial charge is 0.478 e. The average molecular weight is 250 g/mol. The number of aromatic nitrogens is 1. The number of pyridine rings is 1. The molecule has 5 nitrogen and oxygen atoms in total. The molecule has 1 aromatic rings. The Kier molecular flexibility index (Phi) is 3.26. The third-order valence-electron chi connectivity index (χ3n) is 3.43. The third kappa shape index (κ3) is 2.61. The number of hydrogen-bond acceptors (Lipinski definition) is 4. The van der Waals surface area contributed by atoms with Gasteiger partial charge in [-0.05, 0) is 32.8 Å². The van der Waals surface area contributed by atoms with Gasteiger partial charge < -0.3 is 15.1 Å². The number of aryl methyl sites for hydroxylation is 1. The predicted octanol–water partition coefficient (Wildman–Crippen LogP) is 1.44. The van der Waals surface area contributed by atoms with Crippen LogP contribution in [0.25, 0.3) is 0 Å². The highest BCUT2D eigenvalue weighted by molar-refractivity contribution is 5.94. The van der Waals surface area contributed by atoms with Crippen molar-refractivity contribution in [3.63, 3.8) is 0 Å². The number of piperidine rings is 1. The van der Waals surface area contributed by atoms with Crippen LogP contribution in [0.5, 0.6) is 0 Å². The Morgan fingerprint density at radius 1 is 1.44 bits per heavy atom. The fourth-order valence-corrected chi connectivity index (χ4v) is 2.20. The number of hydrogen-bond donors (Lipinski definition) is 2. The van der Waals surface area contributed by atoms with Gasteiger partial charge in [0.1, 0.15) is 5.56 Å². The molecule has 0 atom stereocenters. The van der Waals surface area contributed by atoms with E-state index in [0.717, 1.165) is 5.69 Å². The highest BCUT2D eigenvalue weighted by atomic mass is 16.4. The number of nitrogens with zero attached hydrogens (tertiary/aromatic N) is 2. The Morgan fingerprint density at radius 2 is 2.06 bits per heavy atom. The Hall–Kier alpha value is -1.62. The quantitative estimate of drug-likeness (QED) is 0.830. The Balaban J connectivity index is 2.28. The van der Waals surface area contributed by atoms with E-state index >= 15 is 0 Å². The molecule has 2 rings (SSSR count). The molecular weight excluding hydrogens is 232 g/mol. The number of carboxylic acids is 1. The summed E-state index contributed by atoms with van der Waals surface area (Å²) >= 11 is 0. The first-order chi connectivity index (χ1) is 8.39. The van der Waals surface area contributed by atoms with Crippen molar-refractivity contribution in [2.24, 2.45) is 0 Å². The molecule has 1 saturated heterocycles. The van der Waals surface area contributed by atoms with Gasteiger partial charge in [-0.15, -0.1) is 0 Å².